The number of aryl methyl sites for hydroxylation is 1. The van der Waals surface area contributed by atoms with Crippen LogP contribution in [0.5, 0.6) is 0 Å². The topological polar surface area (TPSA) is 58.4 Å². The maximum absolute atomic E-state index is 13.1. The lowest BCUT2D eigenvalue weighted by Crippen LogP contribution is -2.48. The molecule has 0 bridgehead atoms. The smallest absolute Gasteiger partial charge is 0.266 e. The third-order valence-corrected chi connectivity index (χ3v) is 5.52. The van der Waals surface area contributed by atoms with Crippen LogP contribution in [0.15, 0.2) is 71.5 Å². The van der Waals surface area contributed by atoms with Gasteiger partial charge in [-0.1, -0.05) is 30.3 Å². The molecule has 0 saturated carbocycles. The molecule has 4 rings (SSSR count). The summed E-state index contributed by atoms with van der Waals surface area (Å²) in [6, 6.07) is 19.4. The lowest BCUT2D eigenvalue weighted by Gasteiger charge is -2.36. The van der Waals surface area contributed by atoms with Gasteiger partial charge in [0.1, 0.15) is 5.82 Å². The van der Waals surface area contributed by atoms with Crippen molar-refractivity contribution < 1.29 is 9.18 Å². The summed E-state index contributed by atoms with van der Waals surface area (Å²) in [4.78, 5) is 28.8. The number of amides is 1. The largest absolute Gasteiger partial charge is 0.368 e. The summed E-state index contributed by atoms with van der Waals surface area (Å²) in [5, 5.41) is 4.45. The minimum absolute atomic E-state index is 0.0889. The molecule has 0 radical (unpaired) electrons. The third-order valence-electron chi connectivity index (χ3n) is 5.52. The molecule has 0 atom stereocenters. The van der Waals surface area contributed by atoms with Crippen LogP contribution in [-0.4, -0.2) is 46.8 Å². The average Bonchev–Trinajstić information content (AvgIpc) is 2.81. The van der Waals surface area contributed by atoms with E-state index in [-0.39, 0.29) is 17.3 Å². The Morgan fingerprint density at radius 1 is 0.903 bits per heavy atom. The number of halogens is 1. The van der Waals surface area contributed by atoms with Crippen LogP contribution in [0.1, 0.15) is 12.8 Å². The summed E-state index contributed by atoms with van der Waals surface area (Å²) in [6.45, 7) is 3.12. The van der Waals surface area contributed by atoms with E-state index in [0.717, 1.165) is 30.0 Å². The van der Waals surface area contributed by atoms with E-state index in [1.165, 1.54) is 22.9 Å². The fourth-order valence-electron chi connectivity index (χ4n) is 3.78. The first-order valence-corrected chi connectivity index (χ1v) is 10.5. The Labute approximate surface area is 180 Å². The molecule has 0 aliphatic carbocycles. The van der Waals surface area contributed by atoms with Crippen LogP contribution >= 0.6 is 0 Å². The van der Waals surface area contributed by atoms with Crippen LogP contribution in [-0.2, 0) is 11.3 Å². The van der Waals surface area contributed by atoms with E-state index < -0.39 is 0 Å². The predicted octanol–water partition coefficient (Wildman–Crippen LogP) is 3.18. The van der Waals surface area contributed by atoms with Crippen molar-refractivity contribution in [3.8, 4) is 11.3 Å². The maximum atomic E-state index is 13.1. The van der Waals surface area contributed by atoms with E-state index in [1.54, 1.807) is 18.2 Å². The number of hydrogen-bond donors (Lipinski definition) is 0. The molecule has 1 aliphatic heterocycles. The first-order chi connectivity index (χ1) is 15.1. The standard InChI is InChI=1S/C24H25FN4O2/c25-20-8-10-21(11-9-20)27-15-17-28(18-16-27)23(30)7-4-14-29-24(31)13-12-22(26-29)19-5-2-1-3-6-19/h1-3,5-6,8-13H,4,7,14-18H2. The molecule has 1 aromatic heterocycles. The molecule has 2 aromatic carbocycles. The second-order valence-electron chi connectivity index (χ2n) is 7.59. The maximum Gasteiger partial charge on any atom is 0.266 e. The summed E-state index contributed by atoms with van der Waals surface area (Å²) >= 11 is 0. The van der Waals surface area contributed by atoms with Crippen LogP contribution in [0.3, 0.4) is 0 Å². The number of benzene rings is 2. The lowest BCUT2D eigenvalue weighted by atomic mass is 10.1. The zero-order valence-corrected chi connectivity index (χ0v) is 17.3. The van der Waals surface area contributed by atoms with Crippen LogP contribution in [0, 0.1) is 5.82 Å². The Kier molecular flexibility index (Phi) is 6.40. The molecule has 2 heterocycles. The summed E-state index contributed by atoms with van der Waals surface area (Å²) in [6.07, 6.45) is 0.933. The van der Waals surface area contributed by atoms with E-state index >= 15 is 0 Å². The molecule has 3 aromatic rings. The molecule has 0 spiro atoms. The zero-order chi connectivity index (χ0) is 21.6. The van der Waals surface area contributed by atoms with Crippen molar-refractivity contribution in [2.45, 2.75) is 19.4 Å². The van der Waals surface area contributed by atoms with Gasteiger partial charge in [0.15, 0.2) is 0 Å². The highest BCUT2D eigenvalue weighted by atomic mass is 19.1. The first-order valence-electron chi connectivity index (χ1n) is 10.5. The molecule has 7 heteroatoms. The predicted molar refractivity (Wildman–Crippen MR) is 118 cm³/mol. The average molecular weight is 420 g/mol. The van der Waals surface area contributed by atoms with E-state index in [4.69, 9.17) is 0 Å². The van der Waals surface area contributed by atoms with Crippen molar-refractivity contribution in [2.24, 2.45) is 0 Å². The van der Waals surface area contributed by atoms with Gasteiger partial charge in [-0.05, 0) is 36.8 Å². The summed E-state index contributed by atoms with van der Waals surface area (Å²) in [5.41, 5.74) is 2.49. The second kappa shape index (κ2) is 9.55. The van der Waals surface area contributed by atoms with Crippen LogP contribution in [0.25, 0.3) is 11.3 Å². The van der Waals surface area contributed by atoms with Crippen molar-refractivity contribution in [1.29, 1.82) is 0 Å². The summed E-state index contributed by atoms with van der Waals surface area (Å²) < 4.78 is 14.5. The summed E-state index contributed by atoms with van der Waals surface area (Å²) in [5.74, 6) is -0.161. The fourth-order valence-corrected chi connectivity index (χ4v) is 3.78. The van der Waals surface area contributed by atoms with Gasteiger partial charge in [0.05, 0.1) is 5.69 Å². The Bertz CT molecular complexity index is 1070. The van der Waals surface area contributed by atoms with Gasteiger partial charge in [-0.25, -0.2) is 9.07 Å². The van der Waals surface area contributed by atoms with E-state index in [1.807, 2.05) is 35.2 Å². The fraction of sp³-hybridized carbons (Fsp3) is 0.292. The number of rotatable bonds is 6. The number of carbonyl (C=O) groups is 1. The highest BCUT2D eigenvalue weighted by Crippen LogP contribution is 2.18. The van der Waals surface area contributed by atoms with Gasteiger partial charge in [0.2, 0.25) is 5.91 Å². The normalized spacial score (nSPS) is 14.0. The van der Waals surface area contributed by atoms with Crippen molar-refractivity contribution >= 4 is 11.6 Å². The van der Waals surface area contributed by atoms with Crippen LogP contribution in [0.4, 0.5) is 10.1 Å². The van der Waals surface area contributed by atoms with Crippen molar-refractivity contribution in [1.82, 2.24) is 14.7 Å². The first kappa shape index (κ1) is 20.8. The Hall–Kier alpha value is -3.48. The minimum Gasteiger partial charge on any atom is -0.368 e. The van der Waals surface area contributed by atoms with Gasteiger partial charge >= 0.3 is 0 Å². The van der Waals surface area contributed by atoms with Gasteiger partial charge in [0.25, 0.3) is 5.56 Å². The highest BCUT2D eigenvalue weighted by molar-refractivity contribution is 5.76. The minimum atomic E-state index is -0.250. The number of piperazine rings is 1. The molecule has 160 valence electrons. The molecular formula is C24H25FN4O2. The molecule has 6 nitrogen and oxygen atoms in total. The molecule has 1 aliphatic rings. The van der Waals surface area contributed by atoms with Gasteiger partial charge in [0, 0.05) is 56.5 Å². The van der Waals surface area contributed by atoms with Gasteiger partial charge in [-0.3, -0.25) is 9.59 Å². The van der Waals surface area contributed by atoms with Gasteiger partial charge < -0.3 is 9.80 Å². The van der Waals surface area contributed by atoms with Crippen molar-refractivity contribution in [2.75, 3.05) is 31.1 Å². The van der Waals surface area contributed by atoms with E-state index in [2.05, 4.69) is 10.00 Å². The Balaban J connectivity index is 1.28. The molecular weight excluding hydrogens is 395 g/mol. The molecule has 1 saturated heterocycles. The van der Waals surface area contributed by atoms with Crippen molar-refractivity contribution in [3.63, 3.8) is 0 Å². The lowest BCUT2D eigenvalue weighted by molar-refractivity contribution is -0.131. The highest BCUT2D eigenvalue weighted by Gasteiger charge is 2.21. The van der Waals surface area contributed by atoms with E-state index in [0.29, 0.717) is 32.5 Å². The Morgan fingerprint density at radius 2 is 1.61 bits per heavy atom. The molecule has 0 N–H and O–H groups in total. The van der Waals surface area contributed by atoms with Crippen LogP contribution < -0.4 is 10.5 Å². The number of anilines is 1. The third kappa shape index (κ3) is 5.17. The molecule has 0 unspecified atom stereocenters. The number of carbonyl (C=O) groups excluding carboxylic acids is 1. The number of nitrogens with zero attached hydrogens (tertiary/aromatic N) is 4. The van der Waals surface area contributed by atoms with Gasteiger partial charge in [-0.2, -0.15) is 5.10 Å². The van der Waals surface area contributed by atoms with Crippen LogP contribution in [0.2, 0.25) is 0 Å². The Morgan fingerprint density at radius 3 is 2.32 bits per heavy atom. The van der Waals surface area contributed by atoms with Gasteiger partial charge in [-0.15, -0.1) is 0 Å². The quantitative estimate of drug-likeness (QED) is 0.615. The monoisotopic (exact) mass is 420 g/mol. The zero-order valence-electron chi connectivity index (χ0n) is 17.3. The molecule has 1 fully saturated rings. The molecule has 31 heavy (non-hydrogen) atoms. The summed E-state index contributed by atoms with van der Waals surface area (Å²) in [7, 11) is 0. The molecule has 1 amide bonds. The van der Waals surface area contributed by atoms with E-state index in [9.17, 15) is 14.0 Å². The van der Waals surface area contributed by atoms with Crippen molar-refractivity contribution in [3.05, 3.63) is 82.9 Å². The number of aromatic nitrogens is 2. The second-order valence-corrected chi connectivity index (χ2v) is 7.59. The number of hydrogen-bond acceptors (Lipinski definition) is 4. The SMILES string of the molecule is O=C(CCCn1nc(-c2ccccc2)ccc1=O)N1CCN(c2ccc(F)cc2)CC1.